The maximum atomic E-state index is 13.0. The second-order valence-corrected chi connectivity index (χ2v) is 7.06. The lowest BCUT2D eigenvalue weighted by atomic mass is 9.80. The fourth-order valence-corrected chi connectivity index (χ4v) is 2.68. The Kier molecular flexibility index (Phi) is 5.70. The van der Waals surface area contributed by atoms with Crippen LogP contribution in [0.4, 0.5) is 0 Å². The summed E-state index contributed by atoms with van der Waals surface area (Å²) >= 11 is 6.06. The van der Waals surface area contributed by atoms with Crippen LogP contribution in [0.5, 0.6) is 0 Å². The van der Waals surface area contributed by atoms with Gasteiger partial charge in [-0.2, -0.15) is 0 Å². The van der Waals surface area contributed by atoms with E-state index in [1.165, 1.54) is 12.1 Å². The Morgan fingerprint density at radius 1 is 1.12 bits per heavy atom. The number of benzene rings is 2. The Balaban J connectivity index is 2.33. The number of halogens is 1. The van der Waals surface area contributed by atoms with Gasteiger partial charge in [-0.3, -0.25) is 4.79 Å². The van der Waals surface area contributed by atoms with E-state index < -0.39 is 7.12 Å². The van der Waals surface area contributed by atoms with E-state index in [0.29, 0.717) is 12.1 Å². The molecule has 1 amide bonds. The van der Waals surface area contributed by atoms with Crippen molar-refractivity contribution in [1.29, 1.82) is 0 Å². The van der Waals surface area contributed by atoms with Gasteiger partial charge in [0, 0.05) is 28.1 Å². The van der Waals surface area contributed by atoms with Gasteiger partial charge in [-0.1, -0.05) is 48.0 Å². The first-order chi connectivity index (χ1) is 11.2. The molecule has 0 saturated carbocycles. The van der Waals surface area contributed by atoms with E-state index in [-0.39, 0.29) is 21.9 Å². The lowest BCUT2D eigenvalue weighted by Gasteiger charge is -2.36. The average molecular weight is 346 g/mol. The monoisotopic (exact) mass is 345 g/mol. The second-order valence-electron chi connectivity index (χ2n) is 6.66. The highest BCUT2D eigenvalue weighted by atomic mass is 35.5. The zero-order chi connectivity index (χ0) is 17.9. The van der Waals surface area contributed by atoms with Gasteiger partial charge in [0.1, 0.15) is 0 Å². The van der Waals surface area contributed by atoms with Crippen LogP contribution in [0.1, 0.15) is 36.7 Å². The summed E-state index contributed by atoms with van der Waals surface area (Å²) < 4.78 is 0. The number of hydrogen-bond donors (Lipinski definition) is 2. The van der Waals surface area contributed by atoms with E-state index in [2.05, 4.69) is 0 Å². The Morgan fingerprint density at radius 2 is 1.75 bits per heavy atom. The summed E-state index contributed by atoms with van der Waals surface area (Å²) in [6.07, 6.45) is 0. The molecule has 0 aliphatic rings. The molecule has 2 aromatic rings. The Labute approximate surface area is 147 Å². The highest BCUT2D eigenvalue weighted by Crippen LogP contribution is 2.22. The van der Waals surface area contributed by atoms with E-state index in [1.54, 1.807) is 11.0 Å². The molecule has 2 rings (SSSR count). The smallest absolute Gasteiger partial charge is 0.423 e. The van der Waals surface area contributed by atoms with Gasteiger partial charge in [-0.25, -0.2) is 0 Å². The van der Waals surface area contributed by atoms with Crippen molar-refractivity contribution in [2.45, 2.75) is 32.9 Å². The SMILES string of the molecule is CC(C)(C)N(Cc1ccccc1)C(=O)c1ccc(B(O)O)c(Cl)c1. The number of carbonyl (C=O) groups excluding carboxylic acids is 1. The molecule has 0 fully saturated rings. The standard InChI is InChI=1S/C18H21BClNO3/c1-18(2,3)21(12-13-7-5-4-6-8-13)17(22)14-9-10-15(19(23)24)16(20)11-14/h4-11,23-24H,12H2,1-3H3. The fraction of sp³-hybridized carbons (Fsp3) is 0.278. The summed E-state index contributed by atoms with van der Waals surface area (Å²) in [5, 5.41) is 18.6. The van der Waals surface area contributed by atoms with Crippen LogP contribution in [-0.2, 0) is 6.54 Å². The molecule has 0 unspecified atom stereocenters. The van der Waals surface area contributed by atoms with Crippen LogP contribution in [0.3, 0.4) is 0 Å². The first-order valence-corrected chi connectivity index (χ1v) is 8.09. The van der Waals surface area contributed by atoms with Crippen LogP contribution in [0, 0.1) is 0 Å². The molecule has 0 bridgehead atoms. The van der Waals surface area contributed by atoms with E-state index >= 15 is 0 Å². The van der Waals surface area contributed by atoms with E-state index in [4.69, 9.17) is 11.6 Å². The van der Waals surface area contributed by atoms with Crippen molar-refractivity contribution in [2.75, 3.05) is 0 Å². The number of nitrogens with zero attached hydrogens (tertiary/aromatic N) is 1. The average Bonchev–Trinajstić information content (AvgIpc) is 2.51. The van der Waals surface area contributed by atoms with Gasteiger partial charge in [0.25, 0.3) is 5.91 Å². The van der Waals surface area contributed by atoms with Crippen molar-refractivity contribution in [2.24, 2.45) is 0 Å². The van der Waals surface area contributed by atoms with Gasteiger partial charge >= 0.3 is 7.12 Å². The number of rotatable bonds is 4. The summed E-state index contributed by atoms with van der Waals surface area (Å²) in [6, 6.07) is 14.3. The molecule has 24 heavy (non-hydrogen) atoms. The van der Waals surface area contributed by atoms with Crippen LogP contribution in [0.25, 0.3) is 0 Å². The molecule has 0 aliphatic carbocycles. The number of hydrogen-bond acceptors (Lipinski definition) is 3. The van der Waals surface area contributed by atoms with Gasteiger partial charge in [-0.05, 0) is 38.5 Å². The summed E-state index contributed by atoms with van der Waals surface area (Å²) in [6.45, 7) is 6.40. The summed E-state index contributed by atoms with van der Waals surface area (Å²) in [7, 11) is -1.66. The molecule has 4 nitrogen and oxygen atoms in total. The molecular weight excluding hydrogens is 324 g/mol. The van der Waals surface area contributed by atoms with Crippen LogP contribution in [0.15, 0.2) is 48.5 Å². The molecule has 0 radical (unpaired) electrons. The summed E-state index contributed by atoms with van der Waals surface area (Å²) in [4.78, 5) is 14.7. The lowest BCUT2D eigenvalue weighted by molar-refractivity contribution is 0.0559. The van der Waals surface area contributed by atoms with Gasteiger partial charge in [0.2, 0.25) is 0 Å². The molecule has 0 aromatic heterocycles. The highest BCUT2D eigenvalue weighted by Gasteiger charge is 2.28. The van der Waals surface area contributed by atoms with Crippen LogP contribution >= 0.6 is 11.6 Å². The quantitative estimate of drug-likeness (QED) is 0.837. The van der Waals surface area contributed by atoms with Gasteiger partial charge in [0.15, 0.2) is 0 Å². The van der Waals surface area contributed by atoms with Crippen molar-refractivity contribution in [3.8, 4) is 0 Å². The first kappa shape index (κ1) is 18.5. The number of carbonyl (C=O) groups is 1. The van der Waals surface area contributed by atoms with Gasteiger partial charge < -0.3 is 14.9 Å². The van der Waals surface area contributed by atoms with Crippen molar-refractivity contribution >= 4 is 30.1 Å². The third-order valence-electron chi connectivity index (χ3n) is 3.76. The molecule has 2 N–H and O–H groups in total. The minimum atomic E-state index is -1.66. The van der Waals surface area contributed by atoms with Crippen LogP contribution in [0.2, 0.25) is 5.02 Å². The van der Waals surface area contributed by atoms with Crippen molar-refractivity contribution in [3.63, 3.8) is 0 Å². The predicted molar refractivity (Wildman–Crippen MR) is 97.3 cm³/mol. The Morgan fingerprint density at radius 3 is 2.25 bits per heavy atom. The maximum Gasteiger partial charge on any atom is 0.489 e. The third-order valence-corrected chi connectivity index (χ3v) is 4.09. The van der Waals surface area contributed by atoms with Gasteiger partial charge in [-0.15, -0.1) is 0 Å². The predicted octanol–water partition coefficient (Wildman–Crippen LogP) is 2.46. The van der Waals surface area contributed by atoms with E-state index in [1.807, 2.05) is 51.1 Å². The summed E-state index contributed by atoms with van der Waals surface area (Å²) in [5.41, 5.74) is 1.25. The molecule has 0 heterocycles. The lowest BCUT2D eigenvalue weighted by Crippen LogP contribution is -2.45. The minimum Gasteiger partial charge on any atom is -0.423 e. The molecular formula is C18H21BClNO3. The molecule has 0 saturated heterocycles. The largest absolute Gasteiger partial charge is 0.489 e. The van der Waals surface area contributed by atoms with E-state index in [9.17, 15) is 14.8 Å². The van der Waals surface area contributed by atoms with Crippen molar-refractivity contribution in [1.82, 2.24) is 4.90 Å². The zero-order valence-electron chi connectivity index (χ0n) is 14.0. The second kappa shape index (κ2) is 7.39. The highest BCUT2D eigenvalue weighted by molar-refractivity contribution is 6.62. The molecule has 2 aromatic carbocycles. The zero-order valence-corrected chi connectivity index (χ0v) is 14.8. The number of amides is 1. The minimum absolute atomic E-state index is 0.157. The van der Waals surface area contributed by atoms with Gasteiger partial charge in [0.05, 0.1) is 0 Å². The molecule has 0 aliphatic heterocycles. The van der Waals surface area contributed by atoms with Crippen LogP contribution in [-0.4, -0.2) is 33.5 Å². The first-order valence-electron chi connectivity index (χ1n) is 7.71. The van der Waals surface area contributed by atoms with E-state index in [0.717, 1.165) is 5.56 Å². The topological polar surface area (TPSA) is 60.8 Å². The molecule has 0 atom stereocenters. The maximum absolute atomic E-state index is 13.0. The van der Waals surface area contributed by atoms with Crippen LogP contribution < -0.4 is 5.46 Å². The normalized spacial score (nSPS) is 11.2. The van der Waals surface area contributed by atoms with Crippen molar-refractivity contribution in [3.05, 3.63) is 64.7 Å². The third kappa shape index (κ3) is 4.38. The molecule has 0 spiro atoms. The fourth-order valence-electron chi connectivity index (χ4n) is 2.41. The molecule has 126 valence electrons. The summed E-state index contributed by atoms with van der Waals surface area (Å²) in [5.74, 6) is -0.160. The Bertz CT molecular complexity index is 714. The Hall–Kier alpha value is -1.82. The molecule has 6 heteroatoms. The van der Waals surface area contributed by atoms with Crippen molar-refractivity contribution < 1.29 is 14.8 Å².